The van der Waals surface area contributed by atoms with Crippen LogP contribution in [-0.4, -0.2) is 19.3 Å². The second kappa shape index (κ2) is 7.91. The van der Waals surface area contributed by atoms with Gasteiger partial charge in [0.15, 0.2) is 0 Å². The lowest BCUT2D eigenvalue weighted by atomic mass is 9.80. The molecule has 2 heteroatoms. The van der Waals surface area contributed by atoms with E-state index >= 15 is 0 Å². The first-order valence-electron chi connectivity index (χ1n) is 9.38. The third-order valence-corrected chi connectivity index (χ3v) is 5.07. The van der Waals surface area contributed by atoms with Gasteiger partial charge in [0.25, 0.3) is 0 Å². The molecule has 1 atom stereocenters. The van der Waals surface area contributed by atoms with Gasteiger partial charge in [-0.15, -0.1) is 0 Å². The molecule has 1 heterocycles. The molecule has 1 fully saturated rings. The zero-order chi connectivity index (χ0) is 18.5. The minimum Gasteiger partial charge on any atom is -0.371 e. The van der Waals surface area contributed by atoms with Crippen molar-refractivity contribution in [3.63, 3.8) is 0 Å². The summed E-state index contributed by atoms with van der Waals surface area (Å²) in [6, 6.07) is 31.3. The highest BCUT2D eigenvalue weighted by atomic mass is 16.5. The average Bonchev–Trinajstić information content (AvgIpc) is 3.16. The van der Waals surface area contributed by atoms with Crippen LogP contribution in [0.2, 0.25) is 0 Å². The van der Waals surface area contributed by atoms with Gasteiger partial charge in [0.2, 0.25) is 0 Å². The molecule has 0 radical (unpaired) electrons. The second-order valence-corrected chi connectivity index (χ2v) is 6.98. The van der Waals surface area contributed by atoms with E-state index in [4.69, 9.17) is 9.47 Å². The Morgan fingerprint density at radius 1 is 0.778 bits per heavy atom. The minimum atomic E-state index is -0.683. The predicted molar refractivity (Wildman–Crippen MR) is 109 cm³/mol. The number of hydrogen-bond donors (Lipinski definition) is 0. The first kappa shape index (κ1) is 17.7. The fourth-order valence-electron chi connectivity index (χ4n) is 3.77. The molecule has 0 aromatic heterocycles. The largest absolute Gasteiger partial charge is 0.371 e. The highest BCUT2D eigenvalue weighted by Crippen LogP contribution is 2.40. The Bertz CT molecular complexity index is 775. The Morgan fingerprint density at radius 3 is 1.59 bits per heavy atom. The zero-order valence-electron chi connectivity index (χ0n) is 15.4. The third-order valence-electron chi connectivity index (χ3n) is 5.07. The molecule has 1 saturated heterocycles. The summed E-state index contributed by atoms with van der Waals surface area (Å²) in [5, 5.41) is 0. The molecule has 0 saturated carbocycles. The van der Waals surface area contributed by atoms with E-state index in [1.807, 2.05) is 18.2 Å². The Balaban J connectivity index is 1.82. The van der Waals surface area contributed by atoms with Gasteiger partial charge in [-0.05, 0) is 28.7 Å². The molecule has 2 nitrogen and oxygen atoms in total. The normalized spacial score (nSPS) is 17.2. The monoisotopic (exact) mass is 356 g/mol. The van der Waals surface area contributed by atoms with Crippen molar-refractivity contribution in [2.45, 2.75) is 18.1 Å². The van der Waals surface area contributed by atoms with E-state index in [2.05, 4.69) is 79.4 Å². The van der Waals surface area contributed by atoms with Crippen molar-refractivity contribution in [1.82, 2.24) is 0 Å². The van der Waals surface area contributed by atoms with Crippen LogP contribution < -0.4 is 0 Å². The number of benzene rings is 3. The maximum absolute atomic E-state index is 6.75. The molecule has 1 aliphatic rings. The highest BCUT2D eigenvalue weighted by molar-refractivity contribution is 5.47. The Labute approximate surface area is 161 Å². The molecular weight excluding hydrogens is 332 g/mol. The Kier molecular flexibility index (Phi) is 5.19. The van der Waals surface area contributed by atoms with Crippen LogP contribution in [-0.2, 0) is 15.1 Å². The SMILES string of the molecule is C=C1COC(COC(c2ccccc2)(c2ccccc2)c2ccccc2)C1. The molecule has 1 unspecified atom stereocenters. The fourth-order valence-corrected chi connectivity index (χ4v) is 3.77. The van der Waals surface area contributed by atoms with Crippen LogP contribution >= 0.6 is 0 Å². The van der Waals surface area contributed by atoms with Gasteiger partial charge in [-0.3, -0.25) is 0 Å². The van der Waals surface area contributed by atoms with Crippen molar-refractivity contribution in [3.8, 4) is 0 Å². The van der Waals surface area contributed by atoms with E-state index in [9.17, 15) is 0 Å². The van der Waals surface area contributed by atoms with Crippen LogP contribution in [0.4, 0.5) is 0 Å². The van der Waals surface area contributed by atoms with Gasteiger partial charge < -0.3 is 9.47 Å². The molecule has 136 valence electrons. The molecule has 0 aliphatic carbocycles. The summed E-state index contributed by atoms with van der Waals surface area (Å²) >= 11 is 0. The average molecular weight is 356 g/mol. The van der Waals surface area contributed by atoms with E-state index in [-0.39, 0.29) is 6.10 Å². The van der Waals surface area contributed by atoms with Crippen molar-refractivity contribution in [1.29, 1.82) is 0 Å². The van der Waals surface area contributed by atoms with Crippen LogP contribution in [0.15, 0.2) is 103 Å². The van der Waals surface area contributed by atoms with E-state index in [0.29, 0.717) is 13.2 Å². The lowest BCUT2D eigenvalue weighted by molar-refractivity contribution is -0.0455. The summed E-state index contributed by atoms with van der Waals surface area (Å²) in [6.45, 7) is 5.18. The van der Waals surface area contributed by atoms with Crippen LogP contribution in [0.3, 0.4) is 0 Å². The summed E-state index contributed by atoms with van der Waals surface area (Å²) in [5.41, 5.74) is 3.78. The smallest absolute Gasteiger partial charge is 0.143 e. The van der Waals surface area contributed by atoms with Gasteiger partial charge in [-0.1, -0.05) is 97.6 Å². The quantitative estimate of drug-likeness (QED) is 0.438. The fraction of sp³-hybridized carbons (Fsp3) is 0.200. The lowest BCUT2D eigenvalue weighted by Crippen LogP contribution is -2.35. The van der Waals surface area contributed by atoms with Gasteiger partial charge in [-0.2, -0.15) is 0 Å². The standard InChI is InChI=1S/C25H24O2/c1-20-17-24(26-18-20)19-27-25(21-11-5-2-6-12-21,22-13-7-3-8-14-22)23-15-9-4-10-16-23/h2-16,24H,1,17-19H2. The van der Waals surface area contributed by atoms with E-state index in [1.165, 1.54) is 0 Å². The summed E-state index contributed by atoms with van der Waals surface area (Å²) in [5.74, 6) is 0. The van der Waals surface area contributed by atoms with Crippen LogP contribution in [0.5, 0.6) is 0 Å². The molecule has 0 amide bonds. The molecule has 0 bridgehead atoms. The zero-order valence-corrected chi connectivity index (χ0v) is 15.4. The van der Waals surface area contributed by atoms with Crippen molar-refractivity contribution in [3.05, 3.63) is 120 Å². The summed E-state index contributed by atoms with van der Waals surface area (Å²) in [4.78, 5) is 0. The third kappa shape index (κ3) is 3.59. The summed E-state index contributed by atoms with van der Waals surface area (Å²) in [7, 11) is 0. The Hall–Kier alpha value is -2.68. The van der Waals surface area contributed by atoms with Crippen molar-refractivity contribution < 1.29 is 9.47 Å². The topological polar surface area (TPSA) is 18.5 Å². The van der Waals surface area contributed by atoms with Crippen LogP contribution in [0.25, 0.3) is 0 Å². The summed E-state index contributed by atoms with van der Waals surface area (Å²) < 4.78 is 12.6. The van der Waals surface area contributed by atoms with Crippen molar-refractivity contribution >= 4 is 0 Å². The highest BCUT2D eigenvalue weighted by Gasteiger charge is 2.38. The maximum Gasteiger partial charge on any atom is 0.143 e. The van der Waals surface area contributed by atoms with Gasteiger partial charge >= 0.3 is 0 Å². The molecule has 3 aromatic carbocycles. The lowest BCUT2D eigenvalue weighted by Gasteiger charge is -2.36. The molecule has 4 rings (SSSR count). The molecule has 0 spiro atoms. The van der Waals surface area contributed by atoms with Crippen molar-refractivity contribution in [2.24, 2.45) is 0 Å². The minimum absolute atomic E-state index is 0.0491. The van der Waals surface area contributed by atoms with Crippen molar-refractivity contribution in [2.75, 3.05) is 13.2 Å². The second-order valence-electron chi connectivity index (χ2n) is 6.98. The molecule has 0 N–H and O–H groups in total. The molecule has 1 aliphatic heterocycles. The van der Waals surface area contributed by atoms with Gasteiger partial charge in [0.1, 0.15) is 5.60 Å². The predicted octanol–water partition coefficient (Wildman–Crippen LogP) is 5.34. The molecule has 3 aromatic rings. The first-order valence-corrected chi connectivity index (χ1v) is 9.38. The van der Waals surface area contributed by atoms with E-state index in [0.717, 1.165) is 28.7 Å². The number of ether oxygens (including phenoxy) is 2. The van der Waals surface area contributed by atoms with E-state index < -0.39 is 5.60 Å². The van der Waals surface area contributed by atoms with Crippen LogP contribution in [0.1, 0.15) is 23.1 Å². The van der Waals surface area contributed by atoms with Crippen LogP contribution in [0, 0.1) is 0 Å². The Morgan fingerprint density at radius 2 is 1.22 bits per heavy atom. The van der Waals surface area contributed by atoms with E-state index in [1.54, 1.807) is 0 Å². The number of rotatable bonds is 6. The van der Waals surface area contributed by atoms with Gasteiger partial charge in [0.05, 0.1) is 19.3 Å². The van der Waals surface area contributed by atoms with Gasteiger partial charge in [-0.25, -0.2) is 0 Å². The number of hydrogen-bond acceptors (Lipinski definition) is 2. The summed E-state index contributed by atoms with van der Waals surface area (Å²) in [6.07, 6.45) is 0.905. The maximum atomic E-state index is 6.75. The molecule has 27 heavy (non-hydrogen) atoms. The first-order chi connectivity index (χ1) is 13.3. The molecular formula is C25H24O2. The van der Waals surface area contributed by atoms with Gasteiger partial charge in [0, 0.05) is 0 Å².